The van der Waals surface area contributed by atoms with Crippen LogP contribution in [0.5, 0.6) is 0 Å². The molecule has 0 radical (unpaired) electrons. The molecule has 0 aliphatic carbocycles. The van der Waals surface area contributed by atoms with Gasteiger partial charge in [0.1, 0.15) is 0 Å². The molecular weight excluding hydrogens is 362 g/mol. The molecule has 0 unspecified atom stereocenters. The van der Waals surface area contributed by atoms with Gasteiger partial charge in [0.2, 0.25) is 0 Å². The molecule has 0 saturated heterocycles. The Morgan fingerprint density at radius 3 is 0.588 bits per heavy atom. The van der Waals surface area contributed by atoms with Crippen LogP contribution in [0.4, 0.5) is 0 Å². The standard InChI is InChI=1S/Ca.Mg.3Na.3H2O3Si.7H/c;;;;;3*1-4(2)3;;;;;;;/h;;;;;3*1-2H;;;;;;;/q2*+2;3*+1;;;;7*-1. The van der Waals surface area contributed by atoms with Crippen molar-refractivity contribution in [2.45, 2.75) is 0 Å². The molecule has 0 bridgehead atoms. The van der Waals surface area contributed by atoms with Crippen LogP contribution in [0.25, 0.3) is 0 Å². The molecule has 0 aliphatic heterocycles. The average Bonchev–Trinajstić information content (AvgIpc) is 1.54. The van der Waals surface area contributed by atoms with Crippen molar-refractivity contribution in [3.8, 4) is 0 Å². The van der Waals surface area contributed by atoms with Gasteiger partial charge in [-0.1, -0.05) is 0 Å². The Bertz CT molecular complexity index is 150. The number of hydrogen-bond acceptors (Lipinski definition) is 3. The Balaban J connectivity index is -0.00000000312. The summed E-state index contributed by atoms with van der Waals surface area (Å²) in [6.07, 6.45) is 0. The van der Waals surface area contributed by atoms with Crippen molar-refractivity contribution < 1.29 is 141 Å². The summed E-state index contributed by atoms with van der Waals surface area (Å²) in [5.41, 5.74) is 0. The maximum absolute atomic E-state index is 8.74. The molecule has 17 heteroatoms. The molecule has 0 spiro atoms. The van der Waals surface area contributed by atoms with Gasteiger partial charge in [-0.05, 0) is 0 Å². The molecule has 0 heterocycles. The molecule has 86 valence electrons. The Morgan fingerprint density at radius 2 is 0.588 bits per heavy atom. The predicted molar refractivity (Wildman–Crippen MR) is 51.9 cm³/mol. The molecule has 9 nitrogen and oxygen atoms in total. The van der Waals surface area contributed by atoms with Crippen LogP contribution in [0.15, 0.2) is 0 Å². The Kier molecular flexibility index (Phi) is 125. The first-order chi connectivity index (χ1) is 5.20. The zero-order valence-corrected chi connectivity index (χ0v) is 22.4. The van der Waals surface area contributed by atoms with Gasteiger partial charge in [0.05, 0.1) is 0 Å². The predicted octanol–water partition coefficient (Wildman–Crippen LogP) is -13.8. The van der Waals surface area contributed by atoms with Crippen molar-refractivity contribution >= 4 is 88.3 Å². The maximum atomic E-state index is 8.74. The van der Waals surface area contributed by atoms with E-state index in [0.29, 0.717) is 0 Å². The van der Waals surface area contributed by atoms with Crippen LogP contribution in [-0.2, 0) is 13.4 Å². The van der Waals surface area contributed by atoms with Crippen molar-refractivity contribution in [3.63, 3.8) is 0 Å². The molecule has 6 N–H and O–H groups in total. The third-order valence-electron chi connectivity index (χ3n) is 0. The van der Waals surface area contributed by atoms with Crippen LogP contribution >= 0.6 is 0 Å². The van der Waals surface area contributed by atoms with E-state index in [-0.39, 0.29) is 159 Å². The summed E-state index contributed by atoms with van der Waals surface area (Å²) >= 11 is 0. The minimum Gasteiger partial charge on any atom is -1.00 e. The number of rotatable bonds is 0. The van der Waals surface area contributed by atoms with Gasteiger partial charge in [0, 0.05) is 0 Å². The maximum Gasteiger partial charge on any atom is 2.00 e. The molecule has 0 rings (SSSR count). The van der Waals surface area contributed by atoms with Crippen LogP contribution in [0.1, 0.15) is 9.99 Å². The van der Waals surface area contributed by atoms with Gasteiger partial charge >= 0.3 is 177 Å². The minimum atomic E-state index is -3.13. The van der Waals surface area contributed by atoms with Gasteiger partial charge in [-0.25, -0.2) is 0 Å². The molecule has 0 fully saturated rings. The zero-order chi connectivity index (χ0) is 10.7. The van der Waals surface area contributed by atoms with E-state index in [9.17, 15) is 0 Å². The van der Waals surface area contributed by atoms with Crippen LogP contribution in [0.2, 0.25) is 0 Å². The van der Waals surface area contributed by atoms with E-state index in [1.54, 1.807) is 0 Å². The van der Waals surface area contributed by atoms with E-state index < -0.39 is 27.5 Å². The van der Waals surface area contributed by atoms with Gasteiger partial charge in [-0.15, -0.1) is 0 Å². The topological polar surface area (TPSA) is 173 Å². The molecule has 0 aromatic heterocycles. The summed E-state index contributed by atoms with van der Waals surface area (Å²) in [4.78, 5) is 42.9. The molecule has 17 heavy (non-hydrogen) atoms. The van der Waals surface area contributed by atoms with Crippen molar-refractivity contribution in [1.29, 1.82) is 0 Å². The van der Waals surface area contributed by atoms with Gasteiger partial charge in [-0.2, -0.15) is 0 Å². The molecule has 0 aliphatic rings. The summed E-state index contributed by atoms with van der Waals surface area (Å²) in [7, 11) is -9.39. The Hall–Kier alpha value is 3.88. The summed E-state index contributed by atoms with van der Waals surface area (Å²) in [6.45, 7) is 0. The van der Waals surface area contributed by atoms with Crippen molar-refractivity contribution in [2.75, 3.05) is 0 Å². The van der Waals surface area contributed by atoms with Crippen LogP contribution in [0, 0.1) is 0 Å². The first-order valence-corrected chi connectivity index (χ1v) is 5.86. The molecule has 0 atom stereocenters. The van der Waals surface area contributed by atoms with Crippen LogP contribution < -0.4 is 88.7 Å². The van der Waals surface area contributed by atoms with E-state index >= 15 is 0 Å². The second-order valence-electron chi connectivity index (χ2n) is 0.848. The van der Waals surface area contributed by atoms with E-state index in [4.69, 9.17) is 42.2 Å². The fourth-order valence-electron chi connectivity index (χ4n) is 0. The number of hydrogen-bond donors (Lipinski definition) is 6. The first-order valence-electron chi connectivity index (χ1n) is 1.95. The van der Waals surface area contributed by atoms with Gasteiger partial charge in [0.15, 0.2) is 0 Å². The first kappa shape index (κ1) is 49.7. The molecule has 0 aromatic rings. The fraction of sp³-hybridized carbons (Fsp3) is 0. The van der Waals surface area contributed by atoms with Gasteiger partial charge in [-0.3, -0.25) is 13.4 Å². The van der Waals surface area contributed by atoms with Crippen molar-refractivity contribution in [2.24, 2.45) is 0 Å². The van der Waals surface area contributed by atoms with E-state index in [0.717, 1.165) is 0 Å². The van der Waals surface area contributed by atoms with Gasteiger partial charge < -0.3 is 38.8 Å². The van der Waals surface area contributed by atoms with E-state index in [1.165, 1.54) is 0 Å². The third kappa shape index (κ3) is 423. The fourth-order valence-corrected chi connectivity index (χ4v) is 0. The van der Waals surface area contributed by atoms with Crippen molar-refractivity contribution in [3.05, 3.63) is 0 Å². The second kappa shape index (κ2) is 42.7. The smallest absolute Gasteiger partial charge is 1.00 e. The molecular formula is H13CaMgNa3O9Si3. The van der Waals surface area contributed by atoms with Crippen molar-refractivity contribution in [1.82, 2.24) is 0 Å². The second-order valence-corrected chi connectivity index (χ2v) is 2.54. The van der Waals surface area contributed by atoms with Crippen LogP contribution in [-0.4, -0.2) is 117 Å². The Morgan fingerprint density at radius 1 is 0.588 bits per heavy atom. The molecule has 0 amide bonds. The molecule has 0 aromatic carbocycles. The van der Waals surface area contributed by atoms with E-state index in [1.807, 2.05) is 0 Å². The van der Waals surface area contributed by atoms with E-state index in [2.05, 4.69) is 0 Å². The normalized spacial score (nSPS) is 4.24. The monoisotopic (exact) mass is 374 g/mol. The quantitative estimate of drug-likeness (QED) is 0.225. The Labute approximate surface area is 225 Å². The average molecular weight is 375 g/mol. The molecule has 0 saturated carbocycles. The minimum absolute atomic E-state index is 0. The van der Waals surface area contributed by atoms with Gasteiger partial charge in [0.25, 0.3) is 0 Å². The zero-order valence-electron chi connectivity index (χ0n) is 16.8. The summed E-state index contributed by atoms with van der Waals surface area (Å²) in [5.74, 6) is 0. The summed E-state index contributed by atoms with van der Waals surface area (Å²) in [5, 5.41) is 0. The largest absolute Gasteiger partial charge is 2.00 e. The third-order valence-corrected chi connectivity index (χ3v) is 0. The summed E-state index contributed by atoms with van der Waals surface area (Å²) < 4.78 is 26.2. The SMILES string of the molecule is O=[Si](O)O.O=[Si](O)O.O=[Si](O)O.[Ca+2].[H-].[H-].[H-].[H-].[H-].[H-].[H-].[Mg+2].[Na+].[Na+].[Na+]. The summed E-state index contributed by atoms with van der Waals surface area (Å²) in [6, 6.07) is 0. The van der Waals surface area contributed by atoms with Crippen LogP contribution in [0.3, 0.4) is 0 Å².